The molecule has 0 radical (unpaired) electrons. The van der Waals surface area contributed by atoms with Crippen LogP contribution in [0.25, 0.3) is 0 Å². The average Bonchev–Trinajstić information content (AvgIpc) is 2.81. The van der Waals surface area contributed by atoms with E-state index in [1.165, 1.54) is 45.1 Å². The maximum atomic E-state index is 13.1. The lowest BCUT2D eigenvalue weighted by Crippen LogP contribution is -2.49. The third-order valence-electron chi connectivity index (χ3n) is 5.55. The molecular weight excluding hydrogens is 459 g/mol. The van der Waals surface area contributed by atoms with Crippen molar-refractivity contribution in [1.82, 2.24) is 13.6 Å². The summed E-state index contributed by atoms with van der Waals surface area (Å²) >= 11 is 0. The van der Waals surface area contributed by atoms with E-state index in [-0.39, 0.29) is 10.6 Å². The molecule has 0 spiro atoms. The van der Waals surface area contributed by atoms with E-state index in [0.29, 0.717) is 63.9 Å². The van der Waals surface area contributed by atoms with Crippen LogP contribution in [0.5, 0.6) is 0 Å². The van der Waals surface area contributed by atoms with Crippen molar-refractivity contribution in [3.05, 3.63) is 54.0 Å². The fraction of sp³-hybridized carbons (Fsp3) is 0.450. The smallest absolute Gasteiger partial charge is 0.244 e. The quantitative estimate of drug-likeness (QED) is 0.600. The molecule has 2 aliphatic heterocycles. The van der Waals surface area contributed by atoms with Crippen LogP contribution >= 0.6 is 0 Å². The second-order valence-electron chi connectivity index (χ2n) is 7.64. The zero-order valence-electron chi connectivity index (χ0n) is 17.4. The molecule has 2 aromatic rings. The molecule has 0 aliphatic carbocycles. The van der Waals surface area contributed by atoms with Gasteiger partial charge in [-0.25, -0.2) is 26.2 Å². The number of hydrogen-bond donors (Lipinski definition) is 0. The van der Waals surface area contributed by atoms with Crippen molar-refractivity contribution in [2.75, 3.05) is 57.4 Å². The van der Waals surface area contributed by atoms with E-state index in [9.17, 15) is 21.2 Å². The lowest BCUT2D eigenvalue weighted by molar-refractivity contribution is 0.0730. The summed E-state index contributed by atoms with van der Waals surface area (Å²) in [7, 11) is -7.13. The number of ether oxygens (including phenoxy) is 1. The average molecular weight is 485 g/mol. The lowest BCUT2D eigenvalue weighted by Gasteiger charge is -2.34. The predicted octanol–water partition coefficient (Wildman–Crippen LogP) is 0.894. The molecule has 32 heavy (non-hydrogen) atoms. The third-order valence-corrected chi connectivity index (χ3v) is 9.28. The second-order valence-corrected chi connectivity index (χ2v) is 11.5. The molecule has 4 rings (SSSR count). The Balaban J connectivity index is 1.37. The van der Waals surface area contributed by atoms with Gasteiger partial charge in [0.05, 0.1) is 19.0 Å². The molecule has 174 valence electrons. The van der Waals surface area contributed by atoms with E-state index in [1.54, 1.807) is 6.07 Å². The fourth-order valence-corrected chi connectivity index (χ4v) is 6.60. The molecule has 0 atom stereocenters. The zero-order chi connectivity index (χ0) is 22.8. The van der Waals surface area contributed by atoms with Crippen LogP contribution in [0.4, 0.5) is 10.2 Å². The van der Waals surface area contributed by atoms with Gasteiger partial charge in [0.2, 0.25) is 20.0 Å². The highest BCUT2D eigenvalue weighted by atomic mass is 32.2. The van der Waals surface area contributed by atoms with Gasteiger partial charge in [-0.15, -0.1) is 0 Å². The highest BCUT2D eigenvalue weighted by molar-refractivity contribution is 7.89. The molecule has 2 fully saturated rings. The first-order valence-corrected chi connectivity index (χ1v) is 13.3. The van der Waals surface area contributed by atoms with Crippen molar-refractivity contribution < 1.29 is 26.0 Å². The van der Waals surface area contributed by atoms with Gasteiger partial charge in [-0.05, 0) is 29.8 Å². The molecule has 1 aromatic heterocycles. The third kappa shape index (κ3) is 5.09. The van der Waals surface area contributed by atoms with Gasteiger partial charge in [-0.3, -0.25) is 0 Å². The van der Waals surface area contributed by atoms with Crippen molar-refractivity contribution in [1.29, 1.82) is 0 Å². The Bertz CT molecular complexity index is 1130. The topological polar surface area (TPSA) is 100 Å². The van der Waals surface area contributed by atoms with Gasteiger partial charge in [0, 0.05) is 45.5 Å². The van der Waals surface area contributed by atoms with Crippen molar-refractivity contribution in [2.24, 2.45) is 0 Å². The van der Waals surface area contributed by atoms with Crippen LogP contribution in [0, 0.1) is 5.82 Å². The Hall–Kier alpha value is -2.12. The zero-order valence-corrected chi connectivity index (χ0v) is 19.1. The molecule has 0 saturated carbocycles. The second kappa shape index (κ2) is 9.40. The SMILES string of the molecule is O=S(=O)(Cc1ccc(F)cc1)N1CCN(c2ccc(S(=O)(=O)N3CCOCC3)cn2)CC1. The molecule has 9 nitrogen and oxygen atoms in total. The van der Waals surface area contributed by atoms with Crippen LogP contribution in [0.2, 0.25) is 0 Å². The van der Waals surface area contributed by atoms with E-state index in [4.69, 9.17) is 4.74 Å². The molecule has 0 amide bonds. The largest absolute Gasteiger partial charge is 0.379 e. The Labute approximate surface area is 187 Å². The summed E-state index contributed by atoms with van der Waals surface area (Å²) in [6.07, 6.45) is 1.35. The maximum Gasteiger partial charge on any atom is 0.244 e. The first-order chi connectivity index (χ1) is 15.3. The Morgan fingerprint density at radius 1 is 0.844 bits per heavy atom. The lowest BCUT2D eigenvalue weighted by atomic mass is 10.2. The minimum Gasteiger partial charge on any atom is -0.379 e. The summed E-state index contributed by atoms with van der Waals surface area (Å²) in [5.41, 5.74) is 0.535. The van der Waals surface area contributed by atoms with Gasteiger partial charge in [-0.2, -0.15) is 8.61 Å². The van der Waals surface area contributed by atoms with Crippen LogP contribution in [-0.4, -0.2) is 82.9 Å². The molecule has 2 saturated heterocycles. The number of pyridine rings is 1. The van der Waals surface area contributed by atoms with Crippen LogP contribution in [0.1, 0.15) is 5.56 Å². The standard InChI is InChI=1S/C20H25FN4O5S2/c21-18-3-1-17(2-4-18)16-31(26,27)24-9-7-23(8-10-24)20-6-5-19(15-22-20)32(28,29)25-11-13-30-14-12-25/h1-6,15H,7-14,16H2. The molecule has 2 aliphatic rings. The van der Waals surface area contributed by atoms with Crippen molar-refractivity contribution in [2.45, 2.75) is 10.6 Å². The minimum absolute atomic E-state index is 0.128. The number of benzene rings is 1. The number of hydrogen-bond acceptors (Lipinski definition) is 7. The monoisotopic (exact) mass is 484 g/mol. The molecule has 0 bridgehead atoms. The van der Waals surface area contributed by atoms with Crippen molar-refractivity contribution >= 4 is 25.9 Å². The summed E-state index contributed by atoms with van der Waals surface area (Å²) < 4.78 is 71.9. The van der Waals surface area contributed by atoms with E-state index >= 15 is 0 Å². The summed E-state index contributed by atoms with van der Waals surface area (Å²) in [6.45, 7) is 2.84. The van der Waals surface area contributed by atoms with Crippen LogP contribution in [0.15, 0.2) is 47.5 Å². The molecule has 3 heterocycles. The number of piperazine rings is 1. The minimum atomic E-state index is -3.61. The highest BCUT2D eigenvalue weighted by Crippen LogP contribution is 2.21. The van der Waals surface area contributed by atoms with Gasteiger partial charge in [-0.1, -0.05) is 12.1 Å². The maximum absolute atomic E-state index is 13.1. The Kier molecular flexibility index (Phi) is 6.77. The van der Waals surface area contributed by atoms with Crippen molar-refractivity contribution in [3.8, 4) is 0 Å². The summed E-state index contributed by atoms with van der Waals surface area (Å²) in [4.78, 5) is 6.37. The van der Waals surface area contributed by atoms with E-state index in [0.717, 1.165) is 0 Å². The number of anilines is 1. The van der Waals surface area contributed by atoms with Crippen molar-refractivity contribution in [3.63, 3.8) is 0 Å². The molecule has 12 heteroatoms. The molecular formula is C20H25FN4O5S2. The molecule has 0 unspecified atom stereocenters. The number of halogens is 1. The van der Waals surface area contributed by atoms with Gasteiger partial charge in [0.25, 0.3) is 0 Å². The summed E-state index contributed by atoms with van der Waals surface area (Å²) in [5, 5.41) is 0. The Morgan fingerprint density at radius 2 is 1.50 bits per heavy atom. The number of nitrogens with zero attached hydrogens (tertiary/aromatic N) is 4. The number of sulfonamides is 2. The van der Waals surface area contributed by atoms with Gasteiger partial charge >= 0.3 is 0 Å². The number of rotatable bonds is 6. The van der Waals surface area contributed by atoms with Gasteiger partial charge in [0.15, 0.2) is 0 Å². The van der Waals surface area contributed by atoms with Gasteiger partial charge < -0.3 is 9.64 Å². The van der Waals surface area contributed by atoms with Crippen LogP contribution < -0.4 is 4.90 Å². The highest BCUT2D eigenvalue weighted by Gasteiger charge is 2.29. The van der Waals surface area contributed by atoms with E-state index in [1.807, 2.05) is 4.90 Å². The fourth-order valence-electron chi connectivity index (χ4n) is 3.73. The molecule has 1 aromatic carbocycles. The first kappa shape index (κ1) is 23.1. The predicted molar refractivity (Wildman–Crippen MR) is 117 cm³/mol. The molecule has 0 N–H and O–H groups in total. The Morgan fingerprint density at radius 3 is 2.09 bits per heavy atom. The van der Waals surface area contributed by atoms with E-state index in [2.05, 4.69) is 4.98 Å². The normalized spacial score (nSPS) is 19.2. The van der Waals surface area contributed by atoms with Crippen LogP contribution in [0.3, 0.4) is 0 Å². The summed E-state index contributed by atoms with van der Waals surface area (Å²) in [6, 6.07) is 8.62. The van der Waals surface area contributed by atoms with Gasteiger partial charge in [0.1, 0.15) is 16.5 Å². The number of aromatic nitrogens is 1. The van der Waals surface area contributed by atoms with Crippen LogP contribution in [-0.2, 0) is 30.5 Å². The van der Waals surface area contributed by atoms with E-state index < -0.39 is 25.9 Å². The first-order valence-electron chi connectivity index (χ1n) is 10.3. The summed E-state index contributed by atoms with van der Waals surface area (Å²) in [5.74, 6) is 0.0112. The number of morpholine rings is 1.